The topological polar surface area (TPSA) is 26.7 Å². The van der Waals surface area contributed by atoms with Crippen LogP contribution >= 0.6 is 0 Å². The molecule has 4 heterocycles. The molecule has 4 saturated heterocycles. The monoisotopic (exact) mass is 224 g/mol. The highest BCUT2D eigenvalue weighted by Crippen LogP contribution is 2.38. The maximum Gasteiger partial charge on any atom is 0.0727 e. The number of aliphatic hydroxyl groups excluding tert-OH is 1. The second-order valence-electron chi connectivity index (χ2n) is 6.00. The Labute approximate surface area is 98.4 Å². The van der Waals surface area contributed by atoms with Crippen LogP contribution in [0.2, 0.25) is 0 Å². The first kappa shape index (κ1) is 11.0. The lowest BCUT2D eigenvalue weighted by Gasteiger charge is -2.52. The number of fused-ring (bicyclic) bond motifs is 3. The summed E-state index contributed by atoms with van der Waals surface area (Å²) in [6.07, 6.45) is 4.98. The van der Waals surface area contributed by atoms with Crippen LogP contribution in [0.5, 0.6) is 0 Å². The molecule has 2 unspecified atom stereocenters. The van der Waals surface area contributed by atoms with Gasteiger partial charge in [0.15, 0.2) is 0 Å². The largest absolute Gasteiger partial charge is 0.391 e. The maximum absolute atomic E-state index is 10.4. The van der Waals surface area contributed by atoms with Crippen molar-refractivity contribution >= 4 is 0 Å². The van der Waals surface area contributed by atoms with Gasteiger partial charge in [0.05, 0.1) is 6.10 Å². The van der Waals surface area contributed by atoms with Gasteiger partial charge in [-0.25, -0.2) is 0 Å². The summed E-state index contributed by atoms with van der Waals surface area (Å²) in [5, 5.41) is 10.4. The molecule has 92 valence electrons. The van der Waals surface area contributed by atoms with E-state index in [4.69, 9.17) is 0 Å². The van der Waals surface area contributed by atoms with Crippen molar-refractivity contribution in [2.45, 2.75) is 37.8 Å². The van der Waals surface area contributed by atoms with Crippen molar-refractivity contribution < 1.29 is 5.11 Å². The van der Waals surface area contributed by atoms with E-state index in [1.165, 1.54) is 51.9 Å². The first-order valence-electron chi connectivity index (χ1n) is 6.86. The molecule has 4 aliphatic rings. The minimum Gasteiger partial charge on any atom is -0.391 e. The van der Waals surface area contributed by atoms with Crippen LogP contribution in [-0.2, 0) is 0 Å². The molecule has 0 aromatic carbocycles. The number of likely N-dealkylation sites (tertiary alicyclic amines) is 1. The van der Waals surface area contributed by atoms with Crippen molar-refractivity contribution in [2.24, 2.45) is 11.8 Å². The lowest BCUT2D eigenvalue weighted by molar-refractivity contribution is -0.100. The van der Waals surface area contributed by atoms with E-state index >= 15 is 0 Å². The highest BCUT2D eigenvalue weighted by Gasteiger charge is 2.44. The highest BCUT2D eigenvalue weighted by molar-refractivity contribution is 4.98. The zero-order valence-electron chi connectivity index (χ0n) is 10.3. The summed E-state index contributed by atoms with van der Waals surface area (Å²) < 4.78 is 0. The number of hydrogen-bond donors (Lipinski definition) is 1. The van der Waals surface area contributed by atoms with Crippen molar-refractivity contribution in [1.29, 1.82) is 0 Å². The Morgan fingerprint density at radius 3 is 2.00 bits per heavy atom. The smallest absolute Gasteiger partial charge is 0.0727 e. The van der Waals surface area contributed by atoms with Crippen molar-refractivity contribution in [3.05, 3.63) is 0 Å². The van der Waals surface area contributed by atoms with Crippen molar-refractivity contribution in [1.82, 2.24) is 9.80 Å². The van der Waals surface area contributed by atoms with Gasteiger partial charge < -0.3 is 10.0 Å². The van der Waals surface area contributed by atoms with E-state index in [0.717, 1.165) is 5.92 Å². The van der Waals surface area contributed by atoms with Crippen LogP contribution in [0.3, 0.4) is 0 Å². The zero-order chi connectivity index (χ0) is 11.1. The maximum atomic E-state index is 10.4. The van der Waals surface area contributed by atoms with E-state index in [2.05, 4.69) is 16.8 Å². The fourth-order valence-corrected chi connectivity index (χ4v) is 4.00. The number of nitrogens with zero attached hydrogens (tertiary/aromatic N) is 2. The average molecular weight is 224 g/mol. The Bertz CT molecular complexity index is 240. The molecule has 3 heteroatoms. The van der Waals surface area contributed by atoms with Gasteiger partial charge in [-0.2, -0.15) is 0 Å². The van der Waals surface area contributed by atoms with E-state index in [0.29, 0.717) is 12.0 Å². The number of rotatable bonds is 1. The number of hydrogen-bond acceptors (Lipinski definition) is 3. The Kier molecular flexibility index (Phi) is 2.94. The minimum atomic E-state index is -0.0316. The van der Waals surface area contributed by atoms with Crippen LogP contribution < -0.4 is 0 Å². The molecule has 0 radical (unpaired) electrons. The standard InChI is InChI=1S/C13H24N2O/c1-14-6-2-10(3-7-14)12-13(16)11-4-8-15(12)9-5-11/h10-13,16H,2-9H2,1H3. The molecule has 3 nitrogen and oxygen atoms in total. The predicted molar refractivity (Wildman–Crippen MR) is 64.3 cm³/mol. The summed E-state index contributed by atoms with van der Waals surface area (Å²) in [6, 6.07) is 0.487. The van der Waals surface area contributed by atoms with Crippen molar-refractivity contribution in [3.8, 4) is 0 Å². The fourth-order valence-electron chi connectivity index (χ4n) is 4.00. The van der Waals surface area contributed by atoms with E-state index in [-0.39, 0.29) is 6.10 Å². The van der Waals surface area contributed by atoms with Crippen molar-refractivity contribution in [3.63, 3.8) is 0 Å². The van der Waals surface area contributed by atoms with Gasteiger partial charge in [0.25, 0.3) is 0 Å². The third-order valence-electron chi connectivity index (χ3n) is 5.07. The van der Waals surface area contributed by atoms with Gasteiger partial charge >= 0.3 is 0 Å². The van der Waals surface area contributed by atoms with Gasteiger partial charge in [-0.05, 0) is 70.7 Å². The minimum absolute atomic E-state index is 0.0316. The molecular formula is C13H24N2O. The van der Waals surface area contributed by atoms with E-state index in [9.17, 15) is 5.11 Å². The third-order valence-corrected chi connectivity index (χ3v) is 5.07. The van der Waals surface area contributed by atoms with Gasteiger partial charge in [-0.1, -0.05) is 0 Å². The molecule has 0 spiro atoms. The van der Waals surface area contributed by atoms with E-state index < -0.39 is 0 Å². The fraction of sp³-hybridized carbons (Fsp3) is 1.00. The number of aliphatic hydroxyl groups is 1. The van der Waals surface area contributed by atoms with E-state index in [1.54, 1.807) is 0 Å². The first-order chi connectivity index (χ1) is 7.75. The van der Waals surface area contributed by atoms with Gasteiger partial charge in [0.2, 0.25) is 0 Å². The molecule has 4 aliphatic heterocycles. The van der Waals surface area contributed by atoms with Gasteiger partial charge in [-0.15, -0.1) is 0 Å². The Morgan fingerprint density at radius 1 is 0.875 bits per heavy atom. The normalized spacial score (nSPS) is 46.1. The van der Waals surface area contributed by atoms with Crippen LogP contribution in [0.25, 0.3) is 0 Å². The van der Waals surface area contributed by atoms with E-state index in [1.807, 2.05) is 0 Å². The van der Waals surface area contributed by atoms with Gasteiger partial charge in [0.1, 0.15) is 0 Å². The van der Waals surface area contributed by atoms with Gasteiger partial charge in [-0.3, -0.25) is 4.90 Å². The molecule has 0 aromatic rings. The summed E-state index contributed by atoms with van der Waals surface area (Å²) in [5.41, 5.74) is 0. The van der Waals surface area contributed by atoms with Crippen LogP contribution in [-0.4, -0.2) is 60.3 Å². The molecule has 4 rings (SSSR count). The first-order valence-corrected chi connectivity index (χ1v) is 6.86. The molecule has 2 atom stereocenters. The summed E-state index contributed by atoms with van der Waals surface area (Å²) >= 11 is 0. The molecule has 16 heavy (non-hydrogen) atoms. The molecule has 0 saturated carbocycles. The highest BCUT2D eigenvalue weighted by atomic mass is 16.3. The Morgan fingerprint density at radius 2 is 1.44 bits per heavy atom. The predicted octanol–water partition coefficient (Wildman–Crippen LogP) is 0.783. The summed E-state index contributed by atoms with van der Waals surface area (Å²) in [5.74, 6) is 1.35. The lowest BCUT2D eigenvalue weighted by atomic mass is 9.73. The van der Waals surface area contributed by atoms with Crippen LogP contribution in [0.4, 0.5) is 0 Å². The molecule has 0 aromatic heterocycles. The average Bonchev–Trinajstić information content (AvgIpc) is 2.32. The second-order valence-corrected chi connectivity index (χ2v) is 6.00. The Balaban J connectivity index is 1.69. The summed E-state index contributed by atoms with van der Waals surface area (Å²) in [4.78, 5) is 4.99. The molecule has 4 fully saturated rings. The third kappa shape index (κ3) is 1.79. The molecule has 0 aliphatic carbocycles. The van der Waals surface area contributed by atoms with Crippen molar-refractivity contribution in [2.75, 3.05) is 33.2 Å². The molecule has 0 amide bonds. The van der Waals surface area contributed by atoms with Crippen LogP contribution in [0.15, 0.2) is 0 Å². The zero-order valence-corrected chi connectivity index (χ0v) is 10.3. The number of piperidine rings is 4. The summed E-state index contributed by atoms with van der Waals surface area (Å²) in [7, 11) is 2.21. The molecule has 2 bridgehead atoms. The van der Waals surface area contributed by atoms with Gasteiger partial charge in [0, 0.05) is 6.04 Å². The molecular weight excluding hydrogens is 200 g/mol. The van der Waals surface area contributed by atoms with Crippen LogP contribution in [0.1, 0.15) is 25.7 Å². The quantitative estimate of drug-likeness (QED) is 0.713. The van der Waals surface area contributed by atoms with Crippen LogP contribution in [0, 0.1) is 11.8 Å². The Hall–Kier alpha value is -0.120. The lowest BCUT2D eigenvalue weighted by Crippen LogP contribution is -2.61. The second kappa shape index (κ2) is 4.28. The molecule has 1 N–H and O–H groups in total. The summed E-state index contributed by atoms with van der Waals surface area (Å²) in [6.45, 7) is 4.90. The SMILES string of the molecule is CN1CCC(C2C(O)C3CCN2CC3)CC1.